The molecular weight excluding hydrogens is 332 g/mol. The van der Waals surface area contributed by atoms with E-state index in [1.807, 2.05) is 58.0 Å². The standard InChI is InChI=1S/C21H34O5/c1-15(11-23-14-24-13-18-9-7-6-8-10-18)19(22)17(3)20-16(2)12-25-21(4,5)26-20/h6-10,15-17,19-20,22H,11-14H2,1-5H3/t15-,16+,17+,19+,20-/m0/s1. The lowest BCUT2D eigenvalue weighted by Gasteiger charge is -2.44. The smallest absolute Gasteiger partial charge is 0.163 e. The van der Waals surface area contributed by atoms with E-state index in [0.29, 0.717) is 19.8 Å². The fourth-order valence-electron chi connectivity index (χ4n) is 3.37. The van der Waals surface area contributed by atoms with Gasteiger partial charge in [0.15, 0.2) is 5.79 Å². The molecule has 26 heavy (non-hydrogen) atoms. The van der Waals surface area contributed by atoms with Gasteiger partial charge < -0.3 is 24.1 Å². The number of hydrogen-bond acceptors (Lipinski definition) is 5. The second-order valence-corrected chi connectivity index (χ2v) is 7.92. The topological polar surface area (TPSA) is 57.2 Å². The predicted octanol–water partition coefficient (Wildman–Crippen LogP) is 3.60. The van der Waals surface area contributed by atoms with Crippen LogP contribution in [0.5, 0.6) is 0 Å². The van der Waals surface area contributed by atoms with Crippen LogP contribution in [0.4, 0.5) is 0 Å². The third kappa shape index (κ3) is 6.32. The van der Waals surface area contributed by atoms with Crippen LogP contribution in [-0.2, 0) is 25.6 Å². The number of aliphatic hydroxyl groups is 1. The average Bonchev–Trinajstić information content (AvgIpc) is 2.63. The van der Waals surface area contributed by atoms with Gasteiger partial charge in [-0.3, -0.25) is 0 Å². The highest BCUT2D eigenvalue weighted by atomic mass is 16.7. The van der Waals surface area contributed by atoms with E-state index in [4.69, 9.17) is 18.9 Å². The molecule has 5 atom stereocenters. The number of aliphatic hydroxyl groups excluding tert-OH is 1. The summed E-state index contributed by atoms with van der Waals surface area (Å²) in [5.41, 5.74) is 1.12. The molecule has 0 amide bonds. The second kappa shape index (κ2) is 9.81. The fourth-order valence-corrected chi connectivity index (χ4v) is 3.37. The SMILES string of the molecule is C[C@H]([C@H](O)[C@@H](C)COCOCc1ccccc1)[C@H]1OC(C)(C)OC[C@H]1C. The van der Waals surface area contributed by atoms with Crippen LogP contribution in [0.15, 0.2) is 30.3 Å². The van der Waals surface area contributed by atoms with Crippen LogP contribution in [0, 0.1) is 17.8 Å². The van der Waals surface area contributed by atoms with Crippen molar-refractivity contribution in [1.82, 2.24) is 0 Å². The van der Waals surface area contributed by atoms with Gasteiger partial charge in [0.25, 0.3) is 0 Å². The molecule has 0 aliphatic carbocycles. The summed E-state index contributed by atoms with van der Waals surface area (Å²) in [4.78, 5) is 0. The minimum atomic E-state index is -0.601. The molecule has 2 rings (SSSR count). The lowest BCUT2D eigenvalue weighted by Crippen LogP contribution is -2.50. The molecule has 0 saturated carbocycles. The van der Waals surface area contributed by atoms with Crippen LogP contribution in [0.3, 0.4) is 0 Å². The molecule has 1 aromatic rings. The molecule has 5 nitrogen and oxygen atoms in total. The summed E-state index contributed by atoms with van der Waals surface area (Å²) >= 11 is 0. The van der Waals surface area contributed by atoms with Gasteiger partial charge in [-0.05, 0) is 19.4 Å². The second-order valence-electron chi connectivity index (χ2n) is 7.92. The molecule has 1 aliphatic rings. The van der Waals surface area contributed by atoms with Crippen LogP contribution in [0.1, 0.15) is 40.2 Å². The predicted molar refractivity (Wildman–Crippen MR) is 100 cm³/mol. The molecule has 1 heterocycles. The minimum absolute atomic E-state index is 0.00277. The summed E-state index contributed by atoms with van der Waals surface area (Å²) in [6.07, 6.45) is -0.545. The maximum Gasteiger partial charge on any atom is 0.163 e. The highest BCUT2D eigenvalue weighted by Crippen LogP contribution is 2.33. The maximum atomic E-state index is 10.7. The molecule has 0 unspecified atom stereocenters. The molecule has 148 valence electrons. The maximum absolute atomic E-state index is 10.7. The first-order valence-electron chi connectivity index (χ1n) is 9.49. The van der Waals surface area contributed by atoms with Crippen LogP contribution in [0.2, 0.25) is 0 Å². The number of hydrogen-bond donors (Lipinski definition) is 1. The molecule has 0 bridgehead atoms. The molecule has 5 heteroatoms. The van der Waals surface area contributed by atoms with Gasteiger partial charge in [-0.25, -0.2) is 0 Å². The van der Waals surface area contributed by atoms with Gasteiger partial charge in [0, 0.05) is 17.8 Å². The Morgan fingerprint density at radius 2 is 1.88 bits per heavy atom. The van der Waals surface area contributed by atoms with Crippen molar-refractivity contribution in [2.75, 3.05) is 20.0 Å². The molecule has 1 saturated heterocycles. The Bertz CT molecular complexity index is 518. The van der Waals surface area contributed by atoms with E-state index < -0.39 is 11.9 Å². The first-order chi connectivity index (χ1) is 12.3. The van der Waals surface area contributed by atoms with E-state index in [1.54, 1.807) is 0 Å². The van der Waals surface area contributed by atoms with E-state index in [9.17, 15) is 5.11 Å². The third-order valence-electron chi connectivity index (χ3n) is 4.97. The molecule has 0 spiro atoms. The van der Waals surface area contributed by atoms with Gasteiger partial charge in [-0.1, -0.05) is 51.1 Å². The molecule has 1 aliphatic heterocycles. The van der Waals surface area contributed by atoms with Crippen molar-refractivity contribution in [1.29, 1.82) is 0 Å². The van der Waals surface area contributed by atoms with Gasteiger partial charge in [0.1, 0.15) is 6.79 Å². The fraction of sp³-hybridized carbons (Fsp3) is 0.714. The zero-order valence-electron chi connectivity index (χ0n) is 16.7. The Morgan fingerprint density at radius 3 is 2.58 bits per heavy atom. The first kappa shape index (κ1) is 21.3. The van der Waals surface area contributed by atoms with Crippen molar-refractivity contribution in [2.24, 2.45) is 17.8 Å². The number of rotatable bonds is 9. The van der Waals surface area contributed by atoms with Gasteiger partial charge >= 0.3 is 0 Å². The summed E-state index contributed by atoms with van der Waals surface area (Å²) in [6.45, 7) is 11.8. The van der Waals surface area contributed by atoms with E-state index in [1.165, 1.54) is 0 Å². The molecule has 1 fully saturated rings. The quantitative estimate of drug-likeness (QED) is 0.535. The van der Waals surface area contributed by atoms with Crippen molar-refractivity contribution in [3.63, 3.8) is 0 Å². The van der Waals surface area contributed by atoms with E-state index >= 15 is 0 Å². The van der Waals surface area contributed by atoms with E-state index in [2.05, 4.69) is 6.92 Å². The van der Waals surface area contributed by atoms with Gasteiger partial charge in [0.05, 0.1) is 32.0 Å². The summed E-state index contributed by atoms with van der Waals surface area (Å²) in [5, 5.41) is 10.7. The largest absolute Gasteiger partial charge is 0.392 e. The summed E-state index contributed by atoms with van der Waals surface area (Å²) in [5.74, 6) is -0.366. The Kier molecular flexibility index (Phi) is 8.05. The molecule has 1 aromatic carbocycles. The highest BCUT2D eigenvalue weighted by Gasteiger charge is 2.40. The van der Waals surface area contributed by atoms with Gasteiger partial charge in [-0.15, -0.1) is 0 Å². The molecule has 0 aromatic heterocycles. The molecule has 1 N–H and O–H groups in total. The van der Waals surface area contributed by atoms with Crippen LogP contribution >= 0.6 is 0 Å². The zero-order chi connectivity index (χ0) is 19.2. The van der Waals surface area contributed by atoms with Crippen LogP contribution in [0.25, 0.3) is 0 Å². The Balaban J connectivity index is 1.71. The van der Waals surface area contributed by atoms with Crippen molar-refractivity contribution in [3.8, 4) is 0 Å². The van der Waals surface area contributed by atoms with Crippen LogP contribution in [-0.4, -0.2) is 43.1 Å². The van der Waals surface area contributed by atoms with Gasteiger partial charge in [-0.2, -0.15) is 0 Å². The zero-order valence-corrected chi connectivity index (χ0v) is 16.7. The highest BCUT2D eigenvalue weighted by molar-refractivity contribution is 5.13. The Hall–Kier alpha value is -0.980. The summed E-state index contributed by atoms with van der Waals surface area (Å²) in [7, 11) is 0. The van der Waals surface area contributed by atoms with Crippen molar-refractivity contribution >= 4 is 0 Å². The molecular formula is C21H34O5. The normalized spacial score (nSPS) is 26.2. The van der Waals surface area contributed by atoms with Crippen molar-refractivity contribution in [2.45, 2.75) is 59.2 Å². The van der Waals surface area contributed by atoms with E-state index in [0.717, 1.165) is 5.56 Å². The Morgan fingerprint density at radius 1 is 1.19 bits per heavy atom. The van der Waals surface area contributed by atoms with Crippen molar-refractivity contribution in [3.05, 3.63) is 35.9 Å². The van der Waals surface area contributed by atoms with Gasteiger partial charge in [0.2, 0.25) is 0 Å². The Labute approximate surface area is 157 Å². The first-order valence-corrected chi connectivity index (χ1v) is 9.49. The summed E-state index contributed by atoms with van der Waals surface area (Å²) < 4.78 is 22.9. The summed E-state index contributed by atoms with van der Waals surface area (Å²) in [6, 6.07) is 9.99. The number of benzene rings is 1. The van der Waals surface area contributed by atoms with Crippen molar-refractivity contribution < 1.29 is 24.1 Å². The lowest BCUT2D eigenvalue weighted by molar-refractivity contribution is -0.305. The lowest BCUT2D eigenvalue weighted by atomic mass is 9.84. The monoisotopic (exact) mass is 366 g/mol. The average molecular weight is 366 g/mol. The minimum Gasteiger partial charge on any atom is -0.392 e. The van der Waals surface area contributed by atoms with Crippen LogP contribution < -0.4 is 0 Å². The molecule has 0 radical (unpaired) electrons. The number of ether oxygens (including phenoxy) is 4. The third-order valence-corrected chi connectivity index (χ3v) is 4.97. The van der Waals surface area contributed by atoms with E-state index in [-0.39, 0.29) is 30.7 Å².